The summed E-state index contributed by atoms with van der Waals surface area (Å²) >= 11 is 0. The van der Waals surface area contributed by atoms with Crippen molar-refractivity contribution in [1.82, 2.24) is 15.5 Å². The Labute approximate surface area is 152 Å². The van der Waals surface area contributed by atoms with E-state index >= 15 is 0 Å². The van der Waals surface area contributed by atoms with Gasteiger partial charge in [0.05, 0.1) is 5.75 Å². The van der Waals surface area contributed by atoms with Gasteiger partial charge in [-0.15, -0.1) is 0 Å². The van der Waals surface area contributed by atoms with Crippen molar-refractivity contribution in [3.05, 3.63) is 35.9 Å². The first-order chi connectivity index (χ1) is 11.7. The maximum atomic E-state index is 11.3. The predicted molar refractivity (Wildman–Crippen MR) is 106 cm³/mol. The van der Waals surface area contributed by atoms with Crippen LogP contribution in [0, 0.1) is 0 Å². The second-order valence-electron chi connectivity index (χ2n) is 6.67. The van der Waals surface area contributed by atoms with E-state index in [-0.39, 0.29) is 11.8 Å². The number of rotatable bonds is 9. The minimum Gasteiger partial charge on any atom is -0.355 e. The van der Waals surface area contributed by atoms with E-state index < -0.39 is 9.84 Å². The van der Waals surface area contributed by atoms with Crippen LogP contribution in [0.1, 0.15) is 25.8 Å². The highest BCUT2D eigenvalue weighted by Gasteiger charge is 2.12. The van der Waals surface area contributed by atoms with Crippen molar-refractivity contribution in [2.45, 2.75) is 38.9 Å². The summed E-state index contributed by atoms with van der Waals surface area (Å²) < 4.78 is 22.5. The van der Waals surface area contributed by atoms with Gasteiger partial charge in [0.15, 0.2) is 5.96 Å². The van der Waals surface area contributed by atoms with E-state index in [9.17, 15) is 8.42 Å². The molecule has 2 N–H and O–H groups in total. The molecular weight excluding hydrogens is 336 g/mol. The van der Waals surface area contributed by atoms with Crippen LogP contribution in [-0.2, 0) is 16.4 Å². The number of sulfone groups is 1. The lowest BCUT2D eigenvalue weighted by atomic mass is 10.2. The van der Waals surface area contributed by atoms with Crippen LogP contribution in [0.15, 0.2) is 35.3 Å². The highest BCUT2D eigenvalue weighted by atomic mass is 32.2. The van der Waals surface area contributed by atoms with Crippen molar-refractivity contribution < 1.29 is 8.42 Å². The van der Waals surface area contributed by atoms with Crippen LogP contribution in [0.3, 0.4) is 0 Å². The van der Waals surface area contributed by atoms with Gasteiger partial charge in [-0.05, 0) is 32.9 Å². The molecular formula is C18H32N4O2S. The molecule has 142 valence electrons. The van der Waals surface area contributed by atoms with Gasteiger partial charge in [-0.3, -0.25) is 9.89 Å². The van der Waals surface area contributed by atoms with Crippen LogP contribution >= 0.6 is 0 Å². The van der Waals surface area contributed by atoms with Gasteiger partial charge in [-0.1, -0.05) is 30.3 Å². The Morgan fingerprint density at radius 1 is 1.24 bits per heavy atom. The van der Waals surface area contributed by atoms with Gasteiger partial charge >= 0.3 is 0 Å². The molecule has 0 amide bonds. The number of benzene rings is 1. The number of hydrogen-bond acceptors (Lipinski definition) is 4. The minimum absolute atomic E-state index is 0.0401. The van der Waals surface area contributed by atoms with Crippen LogP contribution in [0.25, 0.3) is 0 Å². The molecule has 1 rings (SSSR count). The summed E-state index contributed by atoms with van der Waals surface area (Å²) in [5.74, 6) is 0.870. The third kappa shape index (κ3) is 9.45. The summed E-state index contributed by atoms with van der Waals surface area (Å²) in [4.78, 5) is 6.49. The molecule has 2 unspecified atom stereocenters. The molecule has 2 atom stereocenters. The lowest BCUT2D eigenvalue weighted by Crippen LogP contribution is -2.47. The average Bonchev–Trinajstić information content (AvgIpc) is 2.56. The van der Waals surface area contributed by atoms with E-state index in [1.54, 1.807) is 7.05 Å². The Balaban J connectivity index is 2.40. The van der Waals surface area contributed by atoms with Crippen LogP contribution < -0.4 is 10.6 Å². The second kappa shape index (κ2) is 10.4. The number of hydrogen-bond donors (Lipinski definition) is 2. The number of nitrogens with one attached hydrogen (secondary N) is 2. The quantitative estimate of drug-likeness (QED) is 0.510. The molecule has 0 aliphatic carbocycles. The number of aliphatic imine (C=N–C) groups is 1. The Hall–Kier alpha value is -1.60. The molecule has 0 radical (unpaired) electrons. The fourth-order valence-corrected chi connectivity index (χ4v) is 3.10. The molecule has 0 spiro atoms. The Morgan fingerprint density at radius 2 is 1.88 bits per heavy atom. The summed E-state index contributed by atoms with van der Waals surface area (Å²) in [5, 5.41) is 6.55. The third-order valence-electron chi connectivity index (χ3n) is 4.12. The zero-order valence-corrected chi connectivity index (χ0v) is 16.8. The molecule has 0 saturated carbocycles. The summed E-state index contributed by atoms with van der Waals surface area (Å²) in [5.41, 5.74) is 1.29. The van der Waals surface area contributed by atoms with E-state index in [1.807, 2.05) is 13.0 Å². The molecule has 0 aliphatic rings. The van der Waals surface area contributed by atoms with Gasteiger partial charge in [0.25, 0.3) is 0 Å². The van der Waals surface area contributed by atoms with Gasteiger partial charge in [-0.25, -0.2) is 8.42 Å². The first-order valence-electron chi connectivity index (χ1n) is 8.60. The highest BCUT2D eigenvalue weighted by Crippen LogP contribution is 2.05. The van der Waals surface area contributed by atoms with Crippen molar-refractivity contribution in [2.75, 3.05) is 32.6 Å². The number of nitrogens with zero attached hydrogens (tertiary/aromatic N) is 2. The minimum atomic E-state index is -2.94. The maximum absolute atomic E-state index is 11.3. The normalized spacial score (nSPS) is 15.0. The van der Waals surface area contributed by atoms with Crippen molar-refractivity contribution in [1.29, 1.82) is 0 Å². The SMILES string of the molecule is CN=C(NCC(C)N(C)Cc1ccccc1)NC(C)CCS(C)(=O)=O. The second-order valence-corrected chi connectivity index (χ2v) is 8.93. The lowest BCUT2D eigenvalue weighted by molar-refractivity contribution is 0.249. The molecule has 0 fully saturated rings. The van der Waals surface area contributed by atoms with Crippen LogP contribution in [0.4, 0.5) is 0 Å². The summed E-state index contributed by atoms with van der Waals surface area (Å²) in [7, 11) is 0.885. The van der Waals surface area contributed by atoms with Gasteiger partial charge in [0, 0.05) is 38.5 Å². The first kappa shape index (κ1) is 21.4. The summed E-state index contributed by atoms with van der Waals surface area (Å²) in [6, 6.07) is 10.7. The number of likely N-dealkylation sites (N-methyl/N-ethyl adjacent to an activating group) is 1. The molecule has 1 aromatic carbocycles. The van der Waals surface area contributed by atoms with E-state index in [2.05, 4.69) is 58.8 Å². The summed E-state index contributed by atoms with van der Waals surface area (Å²) in [6.07, 6.45) is 1.82. The number of guanidine groups is 1. The van der Waals surface area contributed by atoms with Crippen LogP contribution in [0.5, 0.6) is 0 Å². The van der Waals surface area contributed by atoms with Crippen molar-refractivity contribution in [2.24, 2.45) is 4.99 Å². The van der Waals surface area contributed by atoms with Gasteiger partial charge in [0.2, 0.25) is 0 Å². The Kier molecular flexibility index (Phi) is 8.92. The largest absolute Gasteiger partial charge is 0.355 e. The van der Waals surface area contributed by atoms with Gasteiger partial charge < -0.3 is 10.6 Å². The molecule has 0 aliphatic heterocycles. The third-order valence-corrected chi connectivity index (χ3v) is 5.10. The Bertz CT molecular complexity index is 632. The van der Waals surface area contributed by atoms with Gasteiger partial charge in [0.1, 0.15) is 9.84 Å². The first-order valence-corrected chi connectivity index (χ1v) is 10.7. The topological polar surface area (TPSA) is 73.8 Å². The smallest absolute Gasteiger partial charge is 0.191 e. The van der Waals surface area contributed by atoms with E-state index in [0.29, 0.717) is 18.4 Å². The molecule has 6 nitrogen and oxygen atoms in total. The molecule has 0 bridgehead atoms. The van der Waals surface area contributed by atoms with E-state index in [4.69, 9.17) is 0 Å². The van der Waals surface area contributed by atoms with E-state index in [1.165, 1.54) is 11.8 Å². The lowest BCUT2D eigenvalue weighted by Gasteiger charge is -2.26. The summed E-state index contributed by atoms with van der Waals surface area (Å²) in [6.45, 7) is 5.77. The molecule has 1 aromatic rings. The fraction of sp³-hybridized carbons (Fsp3) is 0.611. The average molecular weight is 369 g/mol. The standard InChI is InChI=1S/C18H32N4O2S/c1-15(11-12-25(5,23)24)21-18(19-3)20-13-16(2)22(4)14-17-9-7-6-8-10-17/h6-10,15-16H,11-14H2,1-5H3,(H2,19,20,21). The predicted octanol–water partition coefficient (Wildman–Crippen LogP) is 1.50. The fourth-order valence-electron chi connectivity index (χ4n) is 2.32. The monoisotopic (exact) mass is 368 g/mol. The molecule has 0 aromatic heterocycles. The highest BCUT2D eigenvalue weighted by molar-refractivity contribution is 7.90. The zero-order valence-electron chi connectivity index (χ0n) is 16.0. The van der Waals surface area contributed by atoms with Crippen molar-refractivity contribution >= 4 is 15.8 Å². The van der Waals surface area contributed by atoms with Crippen LogP contribution in [-0.4, -0.2) is 64.0 Å². The molecule has 7 heteroatoms. The van der Waals surface area contributed by atoms with Gasteiger partial charge in [-0.2, -0.15) is 0 Å². The zero-order chi connectivity index (χ0) is 18.9. The maximum Gasteiger partial charge on any atom is 0.191 e. The molecule has 0 saturated heterocycles. The molecule has 25 heavy (non-hydrogen) atoms. The van der Waals surface area contributed by atoms with E-state index in [0.717, 1.165) is 13.1 Å². The van der Waals surface area contributed by atoms with Crippen molar-refractivity contribution in [3.8, 4) is 0 Å². The molecule has 0 heterocycles. The van der Waals surface area contributed by atoms with Crippen LogP contribution in [0.2, 0.25) is 0 Å². The Morgan fingerprint density at radius 3 is 2.44 bits per heavy atom. The van der Waals surface area contributed by atoms with Crippen molar-refractivity contribution in [3.63, 3.8) is 0 Å².